The van der Waals surface area contributed by atoms with E-state index in [0.717, 1.165) is 5.56 Å². The molecule has 2 nitrogen and oxygen atoms in total. The number of halogens is 2. The molecule has 0 heterocycles. The molecule has 1 rings (SSSR count). The second kappa shape index (κ2) is 3.66. The van der Waals surface area contributed by atoms with Crippen molar-refractivity contribution in [1.82, 2.24) is 0 Å². The summed E-state index contributed by atoms with van der Waals surface area (Å²) < 4.78 is 0. The monoisotopic (exact) mass is 200 g/mol. The Morgan fingerprint density at radius 2 is 1.83 bits per heavy atom. The average molecular weight is 201 g/mol. The summed E-state index contributed by atoms with van der Waals surface area (Å²) in [7, 11) is 0. The van der Waals surface area contributed by atoms with Gasteiger partial charge in [0.1, 0.15) is 0 Å². The van der Waals surface area contributed by atoms with Crippen LogP contribution in [0.2, 0.25) is 10.0 Å². The van der Waals surface area contributed by atoms with Crippen LogP contribution in [0.3, 0.4) is 0 Å². The molecule has 2 N–H and O–H groups in total. The first-order chi connectivity index (χ1) is 5.65. The molecule has 0 amide bonds. The summed E-state index contributed by atoms with van der Waals surface area (Å²) in [5.74, 6) is 0. The third-order valence-corrected chi connectivity index (χ3v) is 2.05. The van der Waals surface area contributed by atoms with Crippen molar-refractivity contribution in [3.8, 4) is 6.07 Å². The highest BCUT2D eigenvalue weighted by atomic mass is 35.5. The zero-order chi connectivity index (χ0) is 9.14. The Bertz CT molecular complexity index is 318. The van der Waals surface area contributed by atoms with Crippen molar-refractivity contribution < 1.29 is 0 Å². The van der Waals surface area contributed by atoms with E-state index in [2.05, 4.69) is 0 Å². The fourth-order valence-electron chi connectivity index (χ4n) is 0.830. The number of rotatable bonds is 1. The molecule has 0 fully saturated rings. The van der Waals surface area contributed by atoms with Crippen LogP contribution >= 0.6 is 23.2 Å². The van der Waals surface area contributed by atoms with E-state index >= 15 is 0 Å². The molecule has 4 heteroatoms. The van der Waals surface area contributed by atoms with E-state index in [1.165, 1.54) is 0 Å². The summed E-state index contributed by atoms with van der Waals surface area (Å²) >= 11 is 11.5. The van der Waals surface area contributed by atoms with Gasteiger partial charge in [-0.25, -0.2) is 0 Å². The Morgan fingerprint density at radius 3 is 2.25 bits per heavy atom. The summed E-state index contributed by atoms with van der Waals surface area (Å²) in [6, 6.07) is 5.29. The van der Waals surface area contributed by atoms with Gasteiger partial charge in [-0.1, -0.05) is 23.2 Å². The average Bonchev–Trinajstić information content (AvgIpc) is 2.01. The van der Waals surface area contributed by atoms with E-state index in [9.17, 15) is 0 Å². The van der Waals surface area contributed by atoms with Gasteiger partial charge in [-0.15, -0.1) is 0 Å². The van der Waals surface area contributed by atoms with E-state index < -0.39 is 0 Å². The van der Waals surface area contributed by atoms with Crippen LogP contribution in [-0.4, -0.2) is 0 Å². The van der Waals surface area contributed by atoms with Gasteiger partial charge in [-0.05, 0) is 17.7 Å². The molecule has 0 saturated carbocycles. The molecule has 1 aromatic carbocycles. The third-order valence-electron chi connectivity index (χ3n) is 1.42. The van der Waals surface area contributed by atoms with Gasteiger partial charge in [-0.3, -0.25) is 0 Å². The zero-order valence-electron chi connectivity index (χ0n) is 6.14. The SMILES string of the molecule is N#CCc1cc(Cl)c(N)c(Cl)c1. The van der Waals surface area contributed by atoms with E-state index in [1.54, 1.807) is 12.1 Å². The molecule has 0 aliphatic carbocycles. The van der Waals surface area contributed by atoms with Gasteiger partial charge in [0.05, 0.1) is 28.2 Å². The zero-order valence-corrected chi connectivity index (χ0v) is 7.65. The summed E-state index contributed by atoms with van der Waals surface area (Å²) in [5, 5.41) is 9.20. The maximum atomic E-state index is 8.40. The summed E-state index contributed by atoms with van der Waals surface area (Å²) in [5.41, 5.74) is 6.64. The lowest BCUT2D eigenvalue weighted by molar-refractivity contribution is 1.26. The lowest BCUT2D eigenvalue weighted by Crippen LogP contribution is -1.90. The molecule has 12 heavy (non-hydrogen) atoms. The molecule has 0 aliphatic rings. The highest BCUT2D eigenvalue weighted by molar-refractivity contribution is 6.38. The number of nitrogens with zero attached hydrogens (tertiary/aromatic N) is 1. The molecule has 0 atom stereocenters. The Morgan fingerprint density at radius 1 is 1.33 bits per heavy atom. The van der Waals surface area contributed by atoms with Crippen LogP contribution in [-0.2, 0) is 6.42 Å². The van der Waals surface area contributed by atoms with Gasteiger partial charge >= 0.3 is 0 Å². The predicted molar refractivity (Wildman–Crippen MR) is 50.2 cm³/mol. The number of nitrogen functional groups attached to an aromatic ring is 1. The van der Waals surface area contributed by atoms with Crippen molar-refractivity contribution in [2.75, 3.05) is 5.73 Å². The predicted octanol–water partition coefficient (Wildman–Crippen LogP) is 2.64. The second-order valence-corrected chi connectivity index (χ2v) is 3.12. The molecular weight excluding hydrogens is 195 g/mol. The fraction of sp³-hybridized carbons (Fsp3) is 0.125. The van der Waals surface area contributed by atoms with Crippen molar-refractivity contribution in [2.24, 2.45) is 0 Å². The maximum absolute atomic E-state index is 8.40. The quantitative estimate of drug-likeness (QED) is 0.710. The molecule has 0 bridgehead atoms. The Labute approximate surface area is 80.5 Å². The van der Waals surface area contributed by atoms with E-state index in [-0.39, 0.29) is 0 Å². The molecule has 62 valence electrons. The van der Waals surface area contributed by atoms with Crippen LogP contribution in [0.25, 0.3) is 0 Å². The van der Waals surface area contributed by atoms with Gasteiger partial charge in [0, 0.05) is 0 Å². The minimum absolute atomic E-state index is 0.291. The van der Waals surface area contributed by atoms with Crippen molar-refractivity contribution >= 4 is 28.9 Å². The molecule has 0 spiro atoms. The van der Waals surface area contributed by atoms with E-state index in [1.807, 2.05) is 6.07 Å². The van der Waals surface area contributed by atoms with Crippen LogP contribution in [0.5, 0.6) is 0 Å². The second-order valence-electron chi connectivity index (χ2n) is 2.31. The molecule has 0 aliphatic heterocycles. The maximum Gasteiger partial charge on any atom is 0.0693 e. The minimum Gasteiger partial charge on any atom is -0.396 e. The van der Waals surface area contributed by atoms with Gasteiger partial charge in [0.15, 0.2) is 0 Å². The number of anilines is 1. The number of nitriles is 1. The lowest BCUT2D eigenvalue weighted by atomic mass is 10.1. The van der Waals surface area contributed by atoms with Crippen LogP contribution in [0.1, 0.15) is 5.56 Å². The van der Waals surface area contributed by atoms with Crippen LogP contribution in [0.4, 0.5) is 5.69 Å². The highest BCUT2D eigenvalue weighted by Gasteiger charge is 2.03. The smallest absolute Gasteiger partial charge is 0.0693 e. The molecule has 0 saturated heterocycles. The Hall–Kier alpha value is -0.910. The normalized spacial score (nSPS) is 9.42. The third kappa shape index (κ3) is 1.82. The summed E-state index contributed by atoms with van der Waals surface area (Å²) in [4.78, 5) is 0. The minimum atomic E-state index is 0.291. The summed E-state index contributed by atoms with van der Waals surface area (Å²) in [6.07, 6.45) is 0.291. The first-order valence-corrected chi connectivity index (χ1v) is 4.01. The Kier molecular flexibility index (Phi) is 2.80. The highest BCUT2D eigenvalue weighted by Crippen LogP contribution is 2.28. The van der Waals surface area contributed by atoms with Crippen molar-refractivity contribution in [3.05, 3.63) is 27.7 Å². The Balaban J connectivity index is 3.14. The van der Waals surface area contributed by atoms with Crippen molar-refractivity contribution in [1.29, 1.82) is 5.26 Å². The standard InChI is InChI=1S/C8H6Cl2N2/c9-6-3-5(1-2-11)4-7(10)8(6)12/h3-4H,1,12H2. The van der Waals surface area contributed by atoms with Gasteiger partial charge in [0.2, 0.25) is 0 Å². The largest absolute Gasteiger partial charge is 0.396 e. The number of hydrogen-bond donors (Lipinski definition) is 1. The lowest BCUT2D eigenvalue weighted by Gasteiger charge is -2.02. The van der Waals surface area contributed by atoms with Gasteiger partial charge < -0.3 is 5.73 Å². The molecular formula is C8H6Cl2N2. The van der Waals surface area contributed by atoms with Crippen LogP contribution in [0, 0.1) is 11.3 Å². The van der Waals surface area contributed by atoms with Crippen molar-refractivity contribution in [2.45, 2.75) is 6.42 Å². The fourth-order valence-corrected chi connectivity index (χ4v) is 1.36. The first kappa shape index (κ1) is 9.18. The molecule has 0 aromatic heterocycles. The topological polar surface area (TPSA) is 49.8 Å². The van der Waals surface area contributed by atoms with E-state index in [4.69, 9.17) is 34.2 Å². The van der Waals surface area contributed by atoms with Crippen molar-refractivity contribution in [3.63, 3.8) is 0 Å². The van der Waals surface area contributed by atoms with Gasteiger partial charge in [-0.2, -0.15) is 5.26 Å². The van der Waals surface area contributed by atoms with E-state index in [0.29, 0.717) is 22.2 Å². The molecule has 0 unspecified atom stereocenters. The van der Waals surface area contributed by atoms with Gasteiger partial charge in [0.25, 0.3) is 0 Å². The van der Waals surface area contributed by atoms with Crippen LogP contribution in [0.15, 0.2) is 12.1 Å². The van der Waals surface area contributed by atoms with Crippen LogP contribution < -0.4 is 5.73 Å². The molecule has 1 aromatic rings. The summed E-state index contributed by atoms with van der Waals surface area (Å²) in [6.45, 7) is 0. The number of nitrogens with two attached hydrogens (primary N) is 1. The molecule has 0 radical (unpaired) electrons. The number of benzene rings is 1. The number of hydrogen-bond acceptors (Lipinski definition) is 2. The first-order valence-electron chi connectivity index (χ1n) is 3.25.